The molecular formula is C24H25FN6O2. The number of imidazole rings is 1. The van der Waals surface area contributed by atoms with Gasteiger partial charge in [-0.1, -0.05) is 0 Å². The van der Waals surface area contributed by atoms with Gasteiger partial charge in [-0.25, -0.2) is 19.2 Å². The lowest BCUT2D eigenvalue weighted by molar-refractivity contribution is 0.0692. The van der Waals surface area contributed by atoms with E-state index in [0.717, 1.165) is 29.9 Å². The van der Waals surface area contributed by atoms with E-state index in [1.165, 1.54) is 6.07 Å². The van der Waals surface area contributed by atoms with Crippen molar-refractivity contribution in [3.8, 4) is 11.4 Å². The van der Waals surface area contributed by atoms with Crippen molar-refractivity contribution in [1.82, 2.24) is 24.3 Å². The maximum Gasteiger partial charge on any atom is 0.338 e. The monoisotopic (exact) mass is 448 g/mol. The molecule has 33 heavy (non-hydrogen) atoms. The Morgan fingerprint density at radius 1 is 1.15 bits per heavy atom. The van der Waals surface area contributed by atoms with E-state index in [-0.39, 0.29) is 5.52 Å². The molecule has 0 radical (unpaired) electrons. The molecule has 8 nitrogen and oxygen atoms in total. The van der Waals surface area contributed by atoms with E-state index in [2.05, 4.69) is 28.8 Å². The molecule has 1 aliphatic heterocycles. The molecule has 0 spiro atoms. The molecule has 0 saturated carbocycles. The van der Waals surface area contributed by atoms with Gasteiger partial charge in [-0.3, -0.25) is 4.68 Å². The number of halogens is 1. The van der Waals surface area contributed by atoms with Crippen LogP contribution in [0.1, 0.15) is 42.7 Å². The zero-order valence-electron chi connectivity index (χ0n) is 18.7. The zero-order chi connectivity index (χ0) is 23.3. The molecule has 0 amide bonds. The smallest absolute Gasteiger partial charge is 0.338 e. The second-order valence-electron chi connectivity index (χ2n) is 8.69. The first-order valence-corrected chi connectivity index (χ1v) is 11.0. The summed E-state index contributed by atoms with van der Waals surface area (Å²) in [5.41, 5.74) is 1.63. The minimum Gasteiger partial charge on any atom is -0.478 e. The highest BCUT2D eigenvalue weighted by Gasteiger charge is 2.28. The van der Waals surface area contributed by atoms with Crippen molar-refractivity contribution in [1.29, 1.82) is 0 Å². The number of carboxylic acid groups (broad SMARTS) is 1. The quantitative estimate of drug-likeness (QED) is 0.495. The van der Waals surface area contributed by atoms with E-state index < -0.39 is 17.3 Å². The largest absolute Gasteiger partial charge is 0.478 e. The molecule has 170 valence electrons. The highest BCUT2D eigenvalue weighted by Crippen LogP contribution is 2.32. The predicted molar refractivity (Wildman–Crippen MR) is 123 cm³/mol. The van der Waals surface area contributed by atoms with Crippen molar-refractivity contribution in [2.75, 3.05) is 4.90 Å². The fourth-order valence-electron chi connectivity index (χ4n) is 4.73. The van der Waals surface area contributed by atoms with E-state index >= 15 is 4.39 Å². The third-order valence-electron chi connectivity index (χ3n) is 6.40. The third kappa shape index (κ3) is 3.63. The predicted octanol–water partition coefficient (Wildman–Crippen LogP) is 4.09. The van der Waals surface area contributed by atoms with Gasteiger partial charge in [0.15, 0.2) is 5.82 Å². The Morgan fingerprint density at radius 2 is 1.91 bits per heavy atom. The van der Waals surface area contributed by atoms with Crippen LogP contribution in [0.5, 0.6) is 0 Å². The molecule has 0 unspecified atom stereocenters. The number of rotatable bonds is 5. The van der Waals surface area contributed by atoms with Crippen molar-refractivity contribution >= 4 is 22.8 Å². The van der Waals surface area contributed by atoms with Crippen LogP contribution in [0.3, 0.4) is 0 Å². The SMILES string of the molecule is C[C@H]1CC[C@H](C)N1c1ccc(-c2nc3c(F)c(C(=O)O)ccc3n2Cc2ccn(C)n2)cn1. The Hall–Kier alpha value is -3.75. The Balaban J connectivity index is 1.62. The van der Waals surface area contributed by atoms with Crippen molar-refractivity contribution in [3.05, 3.63) is 59.8 Å². The summed E-state index contributed by atoms with van der Waals surface area (Å²) < 4.78 is 18.6. The average molecular weight is 449 g/mol. The van der Waals surface area contributed by atoms with Gasteiger partial charge in [0.1, 0.15) is 17.2 Å². The number of carboxylic acids is 1. The van der Waals surface area contributed by atoms with Crippen LogP contribution in [-0.4, -0.2) is 47.5 Å². The second-order valence-corrected chi connectivity index (χ2v) is 8.69. The molecule has 1 aliphatic rings. The van der Waals surface area contributed by atoms with Gasteiger partial charge in [-0.15, -0.1) is 0 Å². The summed E-state index contributed by atoms with van der Waals surface area (Å²) in [4.78, 5) is 23.0. The van der Waals surface area contributed by atoms with Gasteiger partial charge in [0, 0.05) is 37.1 Å². The number of fused-ring (bicyclic) bond motifs is 1. The van der Waals surface area contributed by atoms with E-state index in [4.69, 9.17) is 4.98 Å². The first-order chi connectivity index (χ1) is 15.8. The van der Waals surface area contributed by atoms with Gasteiger partial charge in [-0.2, -0.15) is 5.10 Å². The van der Waals surface area contributed by atoms with Crippen molar-refractivity contribution in [2.45, 2.75) is 45.3 Å². The Morgan fingerprint density at radius 3 is 2.52 bits per heavy atom. The molecule has 4 aromatic rings. The minimum absolute atomic E-state index is 0.0201. The fraction of sp³-hybridized carbons (Fsp3) is 0.333. The molecule has 5 rings (SSSR count). The highest BCUT2D eigenvalue weighted by molar-refractivity contribution is 5.94. The molecule has 4 heterocycles. The fourth-order valence-corrected chi connectivity index (χ4v) is 4.73. The topological polar surface area (TPSA) is 89.1 Å². The number of nitrogens with zero attached hydrogens (tertiary/aromatic N) is 6. The van der Waals surface area contributed by atoms with Crippen LogP contribution in [0.15, 0.2) is 42.7 Å². The first kappa shape index (κ1) is 21.1. The number of pyridine rings is 1. The van der Waals surface area contributed by atoms with Gasteiger partial charge < -0.3 is 14.6 Å². The molecule has 0 bridgehead atoms. The van der Waals surface area contributed by atoms with Gasteiger partial charge in [0.2, 0.25) is 0 Å². The van der Waals surface area contributed by atoms with Crippen LogP contribution in [0.4, 0.5) is 10.2 Å². The number of hydrogen-bond acceptors (Lipinski definition) is 5. The number of hydrogen-bond donors (Lipinski definition) is 1. The van der Waals surface area contributed by atoms with E-state index in [0.29, 0.717) is 30.0 Å². The normalized spacial score (nSPS) is 18.4. The molecule has 1 aromatic carbocycles. The summed E-state index contributed by atoms with van der Waals surface area (Å²) in [6, 6.07) is 9.51. The molecule has 1 saturated heterocycles. The number of benzene rings is 1. The van der Waals surface area contributed by atoms with Crippen LogP contribution in [0.2, 0.25) is 0 Å². The van der Waals surface area contributed by atoms with Gasteiger partial charge >= 0.3 is 5.97 Å². The minimum atomic E-state index is -1.32. The summed E-state index contributed by atoms with van der Waals surface area (Å²) in [7, 11) is 1.83. The van der Waals surface area contributed by atoms with Crippen molar-refractivity contribution in [3.63, 3.8) is 0 Å². The van der Waals surface area contributed by atoms with E-state index in [1.54, 1.807) is 16.9 Å². The van der Waals surface area contributed by atoms with Crippen molar-refractivity contribution < 1.29 is 14.3 Å². The molecule has 3 aromatic heterocycles. The summed E-state index contributed by atoms with van der Waals surface area (Å²) in [6.07, 6.45) is 5.86. The summed E-state index contributed by atoms with van der Waals surface area (Å²) in [5, 5.41) is 13.8. The van der Waals surface area contributed by atoms with Crippen molar-refractivity contribution in [2.24, 2.45) is 7.05 Å². The lowest BCUT2D eigenvalue weighted by atomic mass is 10.2. The number of aromatic nitrogens is 5. The molecule has 1 N–H and O–H groups in total. The third-order valence-corrected chi connectivity index (χ3v) is 6.40. The van der Waals surface area contributed by atoms with Crippen LogP contribution in [-0.2, 0) is 13.6 Å². The summed E-state index contributed by atoms with van der Waals surface area (Å²) in [6.45, 7) is 4.77. The highest BCUT2D eigenvalue weighted by atomic mass is 19.1. The van der Waals surface area contributed by atoms with Gasteiger partial charge in [0.25, 0.3) is 0 Å². The van der Waals surface area contributed by atoms with Crippen LogP contribution >= 0.6 is 0 Å². The summed E-state index contributed by atoms with van der Waals surface area (Å²) in [5.74, 6) is -0.748. The molecule has 9 heteroatoms. The second kappa shape index (κ2) is 7.99. The number of anilines is 1. The molecule has 2 atom stereocenters. The van der Waals surface area contributed by atoms with E-state index in [1.807, 2.05) is 36.0 Å². The first-order valence-electron chi connectivity index (χ1n) is 11.0. The van der Waals surface area contributed by atoms with Gasteiger partial charge in [0.05, 0.1) is 23.3 Å². The summed E-state index contributed by atoms with van der Waals surface area (Å²) >= 11 is 0. The molecule has 0 aliphatic carbocycles. The number of carbonyl (C=O) groups is 1. The van der Waals surface area contributed by atoms with Gasteiger partial charge in [-0.05, 0) is 57.0 Å². The maximum absolute atomic E-state index is 15.0. The lowest BCUT2D eigenvalue weighted by Gasteiger charge is -2.27. The Labute approximate surface area is 190 Å². The number of aryl methyl sites for hydroxylation is 1. The Bertz CT molecular complexity index is 1330. The zero-order valence-corrected chi connectivity index (χ0v) is 18.7. The Kier molecular flexibility index (Phi) is 5.11. The molecular weight excluding hydrogens is 423 g/mol. The number of aromatic carboxylic acids is 1. The van der Waals surface area contributed by atoms with Crippen LogP contribution < -0.4 is 4.90 Å². The van der Waals surface area contributed by atoms with Crippen LogP contribution in [0, 0.1) is 5.82 Å². The van der Waals surface area contributed by atoms with E-state index in [9.17, 15) is 9.90 Å². The average Bonchev–Trinajstić information content (AvgIpc) is 3.46. The standard InChI is InChI=1S/C24H25FN6O2/c1-14-4-5-15(2)31(14)20-9-6-16(12-26-20)23-27-22-19(8-7-18(21(22)25)24(32)33)30(23)13-17-10-11-29(3)28-17/h6-12,14-15H,4-5,13H2,1-3H3,(H,32,33)/t14-,15-/m0/s1. The molecule has 1 fully saturated rings. The van der Waals surface area contributed by atoms with Crippen LogP contribution in [0.25, 0.3) is 22.4 Å². The maximum atomic E-state index is 15.0. The lowest BCUT2D eigenvalue weighted by Crippen LogP contribution is -2.33.